The minimum atomic E-state index is -0.443. The van der Waals surface area contributed by atoms with Crippen LogP contribution in [0, 0.1) is 11.8 Å². The Morgan fingerprint density at radius 3 is 2.73 bits per heavy atom. The van der Waals surface area contributed by atoms with Crippen molar-refractivity contribution < 1.29 is 9.53 Å². The molecule has 86 valence electrons. The molecule has 1 aliphatic heterocycles. The summed E-state index contributed by atoms with van der Waals surface area (Å²) < 4.78 is 5.64. The van der Waals surface area contributed by atoms with Gasteiger partial charge in [-0.3, -0.25) is 4.79 Å². The molecular formula is C13H22O2. The first-order valence-electron chi connectivity index (χ1n) is 6.30. The molecule has 2 nitrogen and oxygen atoms in total. The molecule has 0 spiro atoms. The van der Waals surface area contributed by atoms with E-state index in [2.05, 4.69) is 6.92 Å². The molecule has 0 aromatic heterocycles. The number of hydrogen-bond acceptors (Lipinski definition) is 2. The van der Waals surface area contributed by atoms with Crippen LogP contribution in [0.25, 0.3) is 0 Å². The molecule has 2 heteroatoms. The van der Waals surface area contributed by atoms with Gasteiger partial charge < -0.3 is 4.74 Å². The maximum Gasteiger partial charge on any atom is 0.167 e. The van der Waals surface area contributed by atoms with E-state index >= 15 is 0 Å². The zero-order chi connectivity index (χ0) is 10.9. The molecule has 0 bridgehead atoms. The van der Waals surface area contributed by atoms with Crippen LogP contribution in [0.3, 0.4) is 0 Å². The molecule has 0 amide bonds. The van der Waals surface area contributed by atoms with Crippen LogP contribution in [0.5, 0.6) is 0 Å². The fraction of sp³-hybridized carbons (Fsp3) is 0.923. The molecule has 0 radical (unpaired) electrons. The van der Waals surface area contributed by atoms with Crippen molar-refractivity contribution in [3.8, 4) is 0 Å². The van der Waals surface area contributed by atoms with Gasteiger partial charge in [0.2, 0.25) is 0 Å². The van der Waals surface area contributed by atoms with Crippen LogP contribution in [0.2, 0.25) is 0 Å². The van der Waals surface area contributed by atoms with E-state index in [0.29, 0.717) is 5.78 Å². The Morgan fingerprint density at radius 1 is 1.33 bits per heavy atom. The summed E-state index contributed by atoms with van der Waals surface area (Å²) in [5.41, 5.74) is -0.443. The molecule has 0 aromatic rings. The average molecular weight is 210 g/mol. The van der Waals surface area contributed by atoms with Crippen LogP contribution in [-0.2, 0) is 9.53 Å². The van der Waals surface area contributed by atoms with Gasteiger partial charge >= 0.3 is 0 Å². The van der Waals surface area contributed by atoms with Crippen molar-refractivity contribution in [2.24, 2.45) is 11.8 Å². The molecule has 1 saturated heterocycles. The third-order valence-corrected chi connectivity index (χ3v) is 4.05. The van der Waals surface area contributed by atoms with Gasteiger partial charge in [-0.05, 0) is 38.5 Å². The Balaban J connectivity index is 2.00. The van der Waals surface area contributed by atoms with Crippen LogP contribution < -0.4 is 0 Å². The van der Waals surface area contributed by atoms with E-state index in [0.717, 1.165) is 38.2 Å². The molecule has 2 aliphatic rings. The maximum atomic E-state index is 12.3. The fourth-order valence-electron chi connectivity index (χ4n) is 3.08. The molecule has 15 heavy (non-hydrogen) atoms. The van der Waals surface area contributed by atoms with Crippen molar-refractivity contribution >= 4 is 5.78 Å². The predicted octanol–water partition coefficient (Wildman–Crippen LogP) is 2.95. The van der Waals surface area contributed by atoms with Gasteiger partial charge in [0.05, 0.1) is 0 Å². The number of carbonyl (C=O) groups is 1. The van der Waals surface area contributed by atoms with Gasteiger partial charge in [0.1, 0.15) is 5.60 Å². The van der Waals surface area contributed by atoms with Crippen LogP contribution in [0.15, 0.2) is 0 Å². The van der Waals surface area contributed by atoms with Crippen LogP contribution in [-0.4, -0.2) is 18.0 Å². The SMILES string of the molecule is CC1CCCC(C(=O)C2(C)CCCO2)C1. The molecule has 2 fully saturated rings. The Kier molecular flexibility index (Phi) is 3.15. The summed E-state index contributed by atoms with van der Waals surface area (Å²) in [7, 11) is 0. The second-order valence-electron chi connectivity index (χ2n) is 5.52. The molecule has 1 heterocycles. The predicted molar refractivity (Wildman–Crippen MR) is 59.7 cm³/mol. The summed E-state index contributed by atoms with van der Waals surface area (Å²) in [4.78, 5) is 12.3. The first-order chi connectivity index (χ1) is 7.12. The Labute approximate surface area is 92.4 Å². The third kappa shape index (κ3) is 2.25. The minimum absolute atomic E-state index is 0.275. The van der Waals surface area contributed by atoms with E-state index in [4.69, 9.17) is 4.74 Å². The molecular weight excluding hydrogens is 188 g/mol. The van der Waals surface area contributed by atoms with Gasteiger partial charge in [-0.2, -0.15) is 0 Å². The summed E-state index contributed by atoms with van der Waals surface area (Å²) >= 11 is 0. The number of hydrogen-bond donors (Lipinski definition) is 0. The number of ketones is 1. The van der Waals surface area contributed by atoms with Crippen LogP contribution >= 0.6 is 0 Å². The van der Waals surface area contributed by atoms with Crippen molar-refractivity contribution in [1.29, 1.82) is 0 Å². The second kappa shape index (κ2) is 4.25. The molecule has 2 rings (SSSR count). The smallest absolute Gasteiger partial charge is 0.167 e. The van der Waals surface area contributed by atoms with Gasteiger partial charge in [0, 0.05) is 12.5 Å². The zero-order valence-corrected chi connectivity index (χ0v) is 9.92. The maximum absolute atomic E-state index is 12.3. The normalized spacial score (nSPS) is 41.7. The minimum Gasteiger partial charge on any atom is -0.367 e. The van der Waals surface area contributed by atoms with E-state index in [1.165, 1.54) is 12.8 Å². The number of ether oxygens (including phenoxy) is 1. The summed E-state index contributed by atoms with van der Waals surface area (Å²) in [6.45, 7) is 5.02. The van der Waals surface area contributed by atoms with E-state index in [1.807, 2.05) is 6.92 Å². The molecule has 0 aromatic carbocycles. The van der Waals surface area contributed by atoms with E-state index in [9.17, 15) is 4.79 Å². The lowest BCUT2D eigenvalue weighted by atomic mass is 9.76. The second-order valence-corrected chi connectivity index (χ2v) is 5.52. The first kappa shape index (κ1) is 11.1. The topological polar surface area (TPSA) is 26.3 Å². The standard InChI is InChI=1S/C13H22O2/c1-10-5-3-6-11(9-10)12(14)13(2)7-4-8-15-13/h10-11H,3-9H2,1-2H3. The number of Topliss-reactive ketones (excluding diaryl/α,β-unsaturated/α-hetero) is 1. The molecule has 3 unspecified atom stereocenters. The molecule has 1 aliphatic carbocycles. The lowest BCUT2D eigenvalue weighted by Gasteiger charge is -2.31. The largest absolute Gasteiger partial charge is 0.367 e. The highest BCUT2D eigenvalue weighted by atomic mass is 16.5. The molecule has 1 saturated carbocycles. The van der Waals surface area contributed by atoms with Gasteiger partial charge in [-0.15, -0.1) is 0 Å². The Hall–Kier alpha value is -0.370. The first-order valence-corrected chi connectivity index (χ1v) is 6.30. The fourth-order valence-corrected chi connectivity index (χ4v) is 3.08. The van der Waals surface area contributed by atoms with Crippen molar-refractivity contribution in [2.45, 2.75) is 58.0 Å². The van der Waals surface area contributed by atoms with Gasteiger partial charge in [0.25, 0.3) is 0 Å². The number of carbonyl (C=O) groups excluding carboxylic acids is 1. The Bertz CT molecular complexity index is 241. The van der Waals surface area contributed by atoms with Gasteiger partial charge in [0.15, 0.2) is 5.78 Å². The highest BCUT2D eigenvalue weighted by Crippen LogP contribution is 2.36. The zero-order valence-electron chi connectivity index (χ0n) is 9.92. The van der Waals surface area contributed by atoms with Gasteiger partial charge in [-0.25, -0.2) is 0 Å². The van der Waals surface area contributed by atoms with Gasteiger partial charge in [-0.1, -0.05) is 19.8 Å². The quantitative estimate of drug-likeness (QED) is 0.700. The Morgan fingerprint density at radius 2 is 2.13 bits per heavy atom. The molecule has 3 atom stereocenters. The summed E-state index contributed by atoms with van der Waals surface area (Å²) in [6.07, 6.45) is 6.65. The van der Waals surface area contributed by atoms with E-state index in [-0.39, 0.29) is 5.92 Å². The lowest BCUT2D eigenvalue weighted by molar-refractivity contribution is -0.143. The lowest BCUT2D eigenvalue weighted by Crippen LogP contribution is -2.40. The van der Waals surface area contributed by atoms with Crippen molar-refractivity contribution in [3.05, 3.63) is 0 Å². The highest BCUT2D eigenvalue weighted by Gasteiger charge is 2.41. The van der Waals surface area contributed by atoms with Crippen LogP contribution in [0.4, 0.5) is 0 Å². The van der Waals surface area contributed by atoms with Crippen molar-refractivity contribution in [2.75, 3.05) is 6.61 Å². The monoisotopic (exact) mass is 210 g/mol. The summed E-state index contributed by atoms with van der Waals surface area (Å²) in [6, 6.07) is 0. The summed E-state index contributed by atoms with van der Waals surface area (Å²) in [5.74, 6) is 1.38. The highest BCUT2D eigenvalue weighted by molar-refractivity contribution is 5.89. The molecule has 0 N–H and O–H groups in total. The third-order valence-electron chi connectivity index (χ3n) is 4.05. The number of rotatable bonds is 2. The average Bonchev–Trinajstić information content (AvgIpc) is 2.65. The van der Waals surface area contributed by atoms with E-state index < -0.39 is 5.60 Å². The van der Waals surface area contributed by atoms with Crippen molar-refractivity contribution in [1.82, 2.24) is 0 Å². The van der Waals surface area contributed by atoms with Crippen molar-refractivity contribution in [3.63, 3.8) is 0 Å². The van der Waals surface area contributed by atoms with E-state index in [1.54, 1.807) is 0 Å². The summed E-state index contributed by atoms with van der Waals surface area (Å²) in [5, 5.41) is 0. The van der Waals surface area contributed by atoms with Crippen LogP contribution in [0.1, 0.15) is 52.4 Å².